The molecular formula is C41H26N2O2. The molecule has 4 nitrogen and oxygen atoms in total. The number of aromatic nitrogens is 2. The van der Waals surface area contributed by atoms with Crippen molar-refractivity contribution in [1.29, 1.82) is 0 Å². The molecule has 10 rings (SSSR count). The first kappa shape index (κ1) is 24.7. The third-order valence-electron chi connectivity index (χ3n) is 9.70. The number of rotatable bonds is 2. The summed E-state index contributed by atoms with van der Waals surface area (Å²) in [5.41, 5.74) is 12.2. The lowest BCUT2D eigenvalue weighted by atomic mass is 9.82. The summed E-state index contributed by atoms with van der Waals surface area (Å²) in [4.78, 5) is 10.3. The Hall–Kier alpha value is -5.74. The smallest absolute Gasteiger partial charge is 0.164 e. The van der Waals surface area contributed by atoms with Crippen LogP contribution in [-0.2, 0) is 5.41 Å². The molecule has 45 heavy (non-hydrogen) atoms. The van der Waals surface area contributed by atoms with Crippen molar-refractivity contribution in [1.82, 2.24) is 9.97 Å². The lowest BCUT2D eigenvalue weighted by Crippen LogP contribution is -2.14. The summed E-state index contributed by atoms with van der Waals surface area (Å²) >= 11 is 0. The number of para-hydroxylation sites is 3. The van der Waals surface area contributed by atoms with Gasteiger partial charge in [0.15, 0.2) is 5.82 Å². The van der Waals surface area contributed by atoms with Gasteiger partial charge in [-0.15, -0.1) is 0 Å². The molecule has 0 fully saturated rings. The molecule has 9 aromatic rings. The summed E-state index contributed by atoms with van der Waals surface area (Å²) in [5.74, 6) is 0.642. The molecule has 6 aromatic carbocycles. The van der Waals surface area contributed by atoms with Gasteiger partial charge >= 0.3 is 0 Å². The average Bonchev–Trinajstić information content (AvgIpc) is 3.71. The van der Waals surface area contributed by atoms with Crippen molar-refractivity contribution in [3.8, 4) is 33.8 Å². The van der Waals surface area contributed by atoms with Crippen LogP contribution in [0.3, 0.4) is 0 Å². The molecule has 0 saturated heterocycles. The second kappa shape index (κ2) is 8.67. The molecule has 0 spiro atoms. The van der Waals surface area contributed by atoms with Crippen molar-refractivity contribution >= 4 is 54.8 Å². The summed E-state index contributed by atoms with van der Waals surface area (Å²) in [5, 5.41) is 5.35. The zero-order valence-electron chi connectivity index (χ0n) is 24.8. The summed E-state index contributed by atoms with van der Waals surface area (Å²) in [6.07, 6.45) is 0. The first-order valence-corrected chi connectivity index (χ1v) is 15.3. The van der Waals surface area contributed by atoms with E-state index < -0.39 is 0 Å². The van der Waals surface area contributed by atoms with Gasteiger partial charge in [-0.3, -0.25) is 0 Å². The van der Waals surface area contributed by atoms with Gasteiger partial charge in [-0.05, 0) is 70.8 Å². The molecule has 3 aromatic heterocycles. The fourth-order valence-corrected chi connectivity index (χ4v) is 7.46. The normalized spacial score (nSPS) is 13.7. The van der Waals surface area contributed by atoms with Crippen LogP contribution in [0.4, 0.5) is 0 Å². The minimum atomic E-state index is -0.0975. The van der Waals surface area contributed by atoms with Crippen LogP contribution in [-0.4, -0.2) is 9.97 Å². The first-order valence-electron chi connectivity index (χ1n) is 15.3. The summed E-state index contributed by atoms with van der Waals surface area (Å²) in [7, 11) is 0. The number of hydrogen-bond donors (Lipinski definition) is 0. The van der Waals surface area contributed by atoms with Crippen LogP contribution >= 0.6 is 0 Å². The minimum Gasteiger partial charge on any atom is -0.456 e. The molecule has 0 amide bonds. The number of furan rings is 2. The van der Waals surface area contributed by atoms with E-state index in [4.69, 9.17) is 18.8 Å². The minimum absolute atomic E-state index is 0.0975. The lowest BCUT2D eigenvalue weighted by molar-refractivity contribution is 0.647. The fourth-order valence-electron chi connectivity index (χ4n) is 7.46. The SMILES string of the molecule is CC1(C)c2ccccc2-c2cc3c(cc21)oc1c(-c2nc(-c4ccc5oc6ccccc6c5c4)c4ccccc4n2)cccc13. The Bertz CT molecular complexity index is 2690. The van der Waals surface area contributed by atoms with E-state index in [0.717, 1.165) is 71.6 Å². The van der Waals surface area contributed by atoms with Gasteiger partial charge in [-0.25, -0.2) is 9.97 Å². The molecule has 0 saturated carbocycles. The molecule has 212 valence electrons. The highest BCUT2D eigenvalue weighted by atomic mass is 16.3. The highest BCUT2D eigenvalue weighted by molar-refractivity contribution is 6.12. The van der Waals surface area contributed by atoms with E-state index in [9.17, 15) is 0 Å². The van der Waals surface area contributed by atoms with Crippen molar-refractivity contribution < 1.29 is 8.83 Å². The maximum absolute atomic E-state index is 6.72. The predicted molar refractivity (Wildman–Crippen MR) is 183 cm³/mol. The van der Waals surface area contributed by atoms with Crippen molar-refractivity contribution in [3.63, 3.8) is 0 Å². The van der Waals surface area contributed by atoms with Gasteiger partial charge in [0.25, 0.3) is 0 Å². The highest BCUT2D eigenvalue weighted by Gasteiger charge is 2.36. The predicted octanol–water partition coefficient (Wildman–Crippen LogP) is 11.1. The van der Waals surface area contributed by atoms with Gasteiger partial charge in [0, 0.05) is 37.9 Å². The fraction of sp³-hybridized carbons (Fsp3) is 0.0732. The highest BCUT2D eigenvalue weighted by Crippen LogP contribution is 2.51. The Balaban J connectivity index is 1.21. The molecule has 0 aliphatic heterocycles. The molecule has 1 aliphatic carbocycles. The van der Waals surface area contributed by atoms with Gasteiger partial charge in [0.05, 0.1) is 16.8 Å². The topological polar surface area (TPSA) is 52.1 Å². The van der Waals surface area contributed by atoms with Gasteiger partial charge in [-0.2, -0.15) is 0 Å². The van der Waals surface area contributed by atoms with Crippen LogP contribution in [0.5, 0.6) is 0 Å². The zero-order chi connectivity index (χ0) is 29.9. The molecule has 4 heteroatoms. The van der Waals surface area contributed by atoms with Crippen LogP contribution in [0, 0.1) is 0 Å². The van der Waals surface area contributed by atoms with E-state index >= 15 is 0 Å². The average molecular weight is 579 g/mol. The van der Waals surface area contributed by atoms with Gasteiger partial charge in [0.2, 0.25) is 0 Å². The monoisotopic (exact) mass is 578 g/mol. The number of nitrogens with zero attached hydrogens (tertiary/aromatic N) is 2. The summed E-state index contributed by atoms with van der Waals surface area (Å²) in [6.45, 7) is 4.59. The Labute approximate surface area is 258 Å². The van der Waals surface area contributed by atoms with Crippen LogP contribution in [0.15, 0.2) is 130 Å². The van der Waals surface area contributed by atoms with Gasteiger partial charge in [0.1, 0.15) is 22.3 Å². The van der Waals surface area contributed by atoms with Crippen LogP contribution in [0.2, 0.25) is 0 Å². The second-order valence-corrected chi connectivity index (χ2v) is 12.6. The van der Waals surface area contributed by atoms with E-state index in [1.807, 2.05) is 36.4 Å². The number of fused-ring (bicyclic) bond motifs is 10. The Morgan fingerprint density at radius 1 is 0.489 bits per heavy atom. The molecular weight excluding hydrogens is 552 g/mol. The number of benzene rings is 6. The Morgan fingerprint density at radius 3 is 2.16 bits per heavy atom. The largest absolute Gasteiger partial charge is 0.456 e. The molecule has 0 radical (unpaired) electrons. The van der Waals surface area contributed by atoms with Crippen molar-refractivity contribution in [2.24, 2.45) is 0 Å². The molecule has 0 N–H and O–H groups in total. The van der Waals surface area contributed by atoms with Crippen LogP contribution in [0.1, 0.15) is 25.0 Å². The molecule has 3 heterocycles. The first-order chi connectivity index (χ1) is 22.0. The van der Waals surface area contributed by atoms with E-state index in [-0.39, 0.29) is 5.41 Å². The maximum Gasteiger partial charge on any atom is 0.164 e. The van der Waals surface area contributed by atoms with Crippen molar-refractivity contribution in [3.05, 3.63) is 132 Å². The second-order valence-electron chi connectivity index (χ2n) is 12.6. The van der Waals surface area contributed by atoms with E-state index in [1.165, 1.54) is 22.3 Å². The van der Waals surface area contributed by atoms with Gasteiger partial charge < -0.3 is 8.83 Å². The zero-order valence-corrected chi connectivity index (χ0v) is 24.8. The maximum atomic E-state index is 6.72. The van der Waals surface area contributed by atoms with Crippen molar-refractivity contribution in [2.75, 3.05) is 0 Å². The van der Waals surface area contributed by atoms with Crippen molar-refractivity contribution in [2.45, 2.75) is 19.3 Å². The quantitative estimate of drug-likeness (QED) is 0.205. The number of hydrogen-bond acceptors (Lipinski definition) is 4. The third kappa shape index (κ3) is 3.37. The van der Waals surface area contributed by atoms with Crippen LogP contribution in [0.25, 0.3) is 88.6 Å². The molecule has 0 unspecified atom stereocenters. The van der Waals surface area contributed by atoms with Crippen LogP contribution < -0.4 is 0 Å². The van der Waals surface area contributed by atoms with Gasteiger partial charge in [-0.1, -0.05) is 86.6 Å². The summed E-state index contributed by atoms with van der Waals surface area (Å²) in [6, 6.07) is 42.3. The van der Waals surface area contributed by atoms with E-state index in [2.05, 4.69) is 98.8 Å². The molecule has 1 aliphatic rings. The third-order valence-corrected chi connectivity index (χ3v) is 9.70. The Kier molecular flexibility index (Phi) is 4.76. The lowest BCUT2D eigenvalue weighted by Gasteiger charge is -2.21. The van der Waals surface area contributed by atoms with E-state index in [0.29, 0.717) is 5.82 Å². The van der Waals surface area contributed by atoms with E-state index in [1.54, 1.807) is 0 Å². The summed E-state index contributed by atoms with van der Waals surface area (Å²) < 4.78 is 12.8. The Morgan fingerprint density at radius 2 is 1.22 bits per heavy atom. The molecule has 0 atom stereocenters. The standard InChI is InChI=1S/C41H26N2O2/c1-41(2)32-15-6-3-10-24(32)29-21-31-26-13-9-14-28(39(26)45-37(31)22-33(29)41)40-42-34-16-7-4-12-27(34)38(43-40)23-18-19-36-30(20-23)25-11-5-8-17-35(25)44-36/h3-22H,1-2H3. The molecule has 0 bridgehead atoms.